The van der Waals surface area contributed by atoms with Crippen LogP contribution < -0.4 is 0 Å². The van der Waals surface area contributed by atoms with E-state index in [0.717, 1.165) is 5.52 Å². The fraction of sp³-hybridized carbons (Fsp3) is 0.200. The highest BCUT2D eigenvalue weighted by Crippen LogP contribution is 2.14. The number of carbonyl (C=O) groups is 1. The number of nitrogens with zero attached hydrogens (tertiary/aromatic N) is 3. The first-order valence-corrected chi connectivity index (χ1v) is 6.23. The Hall–Kier alpha value is -2.78. The van der Waals surface area contributed by atoms with Crippen molar-refractivity contribution in [2.45, 2.75) is 0 Å². The number of nitriles is 1. The van der Waals surface area contributed by atoms with E-state index in [-0.39, 0.29) is 18.8 Å². The number of hydrogen-bond acceptors (Lipinski definition) is 6. The van der Waals surface area contributed by atoms with E-state index in [1.54, 1.807) is 30.6 Å². The summed E-state index contributed by atoms with van der Waals surface area (Å²) >= 11 is 0. The van der Waals surface area contributed by atoms with E-state index in [0.29, 0.717) is 11.1 Å². The van der Waals surface area contributed by atoms with E-state index >= 15 is 0 Å². The Balaban J connectivity index is 2.21. The van der Waals surface area contributed by atoms with Crippen LogP contribution in [0.4, 0.5) is 0 Å². The Labute approximate surface area is 121 Å². The van der Waals surface area contributed by atoms with Crippen LogP contribution in [0, 0.1) is 11.3 Å². The van der Waals surface area contributed by atoms with Gasteiger partial charge in [-0.15, -0.1) is 0 Å². The van der Waals surface area contributed by atoms with Crippen LogP contribution in [0.15, 0.2) is 36.2 Å². The van der Waals surface area contributed by atoms with Gasteiger partial charge in [-0.05, 0) is 23.8 Å². The van der Waals surface area contributed by atoms with Crippen LogP contribution in [0.3, 0.4) is 0 Å². The molecule has 0 fully saturated rings. The SMILES string of the molecule is COCCOC(=O)/C(C#N)=C/c1ccc2nccnc2c1. The summed E-state index contributed by atoms with van der Waals surface area (Å²) in [5, 5.41) is 9.05. The molecule has 6 heteroatoms. The number of benzene rings is 1. The molecule has 0 unspecified atom stereocenters. The lowest BCUT2D eigenvalue weighted by atomic mass is 10.1. The minimum Gasteiger partial charge on any atom is -0.459 e. The summed E-state index contributed by atoms with van der Waals surface area (Å²) in [6.45, 7) is 0.396. The van der Waals surface area contributed by atoms with Gasteiger partial charge >= 0.3 is 5.97 Å². The van der Waals surface area contributed by atoms with Crippen LogP contribution in [0.1, 0.15) is 5.56 Å². The molecular formula is C15H13N3O3. The van der Waals surface area contributed by atoms with Crippen molar-refractivity contribution in [1.29, 1.82) is 5.26 Å². The van der Waals surface area contributed by atoms with Gasteiger partial charge in [0.05, 0.1) is 17.6 Å². The standard InChI is InChI=1S/C15H13N3O3/c1-20-6-7-21-15(19)12(10-16)8-11-2-3-13-14(9-11)18-5-4-17-13/h2-5,8-9H,6-7H2,1H3/b12-8+. The molecule has 0 bridgehead atoms. The van der Waals surface area contributed by atoms with Gasteiger partial charge in [0.2, 0.25) is 0 Å². The van der Waals surface area contributed by atoms with Crippen molar-refractivity contribution >= 4 is 23.1 Å². The molecule has 0 amide bonds. The van der Waals surface area contributed by atoms with Gasteiger partial charge in [-0.25, -0.2) is 4.79 Å². The topological polar surface area (TPSA) is 85.1 Å². The monoisotopic (exact) mass is 283 g/mol. The Bertz CT molecular complexity index is 719. The van der Waals surface area contributed by atoms with Crippen molar-refractivity contribution in [3.05, 3.63) is 41.7 Å². The molecule has 0 radical (unpaired) electrons. The molecule has 1 aromatic carbocycles. The molecular weight excluding hydrogens is 270 g/mol. The summed E-state index contributed by atoms with van der Waals surface area (Å²) in [5.41, 5.74) is 2.05. The average molecular weight is 283 g/mol. The van der Waals surface area contributed by atoms with Gasteiger partial charge in [0.1, 0.15) is 18.2 Å². The van der Waals surface area contributed by atoms with E-state index in [1.807, 2.05) is 6.07 Å². The number of ether oxygens (including phenoxy) is 2. The fourth-order valence-electron chi connectivity index (χ4n) is 1.67. The number of hydrogen-bond donors (Lipinski definition) is 0. The summed E-state index contributed by atoms with van der Waals surface area (Å²) in [4.78, 5) is 20.0. The Morgan fingerprint density at radius 2 is 2.05 bits per heavy atom. The minimum atomic E-state index is -0.672. The van der Waals surface area contributed by atoms with Crippen LogP contribution >= 0.6 is 0 Å². The van der Waals surface area contributed by atoms with Gasteiger partial charge in [0, 0.05) is 19.5 Å². The third-order valence-corrected chi connectivity index (χ3v) is 2.67. The summed E-state index contributed by atoms with van der Waals surface area (Å²) in [6, 6.07) is 7.13. The Kier molecular flexibility index (Phi) is 4.96. The van der Waals surface area contributed by atoms with Crippen LogP contribution in [-0.2, 0) is 14.3 Å². The van der Waals surface area contributed by atoms with Gasteiger partial charge in [-0.3, -0.25) is 9.97 Å². The summed E-state index contributed by atoms with van der Waals surface area (Å²) < 4.78 is 9.69. The lowest BCUT2D eigenvalue weighted by Gasteiger charge is -2.03. The van der Waals surface area contributed by atoms with Crippen LogP contribution in [-0.4, -0.2) is 36.3 Å². The largest absolute Gasteiger partial charge is 0.459 e. The molecule has 21 heavy (non-hydrogen) atoms. The maximum absolute atomic E-state index is 11.7. The molecule has 2 aromatic rings. The van der Waals surface area contributed by atoms with Crippen molar-refractivity contribution < 1.29 is 14.3 Å². The van der Waals surface area contributed by atoms with Crippen LogP contribution in [0.25, 0.3) is 17.1 Å². The number of methoxy groups -OCH3 is 1. The molecule has 6 nitrogen and oxygen atoms in total. The normalized spacial score (nSPS) is 11.1. The quantitative estimate of drug-likeness (QED) is 0.359. The van der Waals surface area contributed by atoms with Crippen molar-refractivity contribution in [2.24, 2.45) is 0 Å². The van der Waals surface area contributed by atoms with Crippen molar-refractivity contribution in [1.82, 2.24) is 9.97 Å². The fourth-order valence-corrected chi connectivity index (χ4v) is 1.67. The molecule has 1 aromatic heterocycles. The molecule has 1 heterocycles. The molecule has 0 saturated carbocycles. The molecule has 106 valence electrons. The summed E-state index contributed by atoms with van der Waals surface area (Å²) in [7, 11) is 1.50. The van der Waals surface area contributed by atoms with Crippen LogP contribution in [0.2, 0.25) is 0 Å². The average Bonchev–Trinajstić information content (AvgIpc) is 2.52. The molecule has 0 saturated heterocycles. The van der Waals surface area contributed by atoms with E-state index in [4.69, 9.17) is 14.7 Å². The maximum atomic E-state index is 11.7. The van der Waals surface area contributed by atoms with Crippen molar-refractivity contribution in [2.75, 3.05) is 20.3 Å². The summed E-state index contributed by atoms with van der Waals surface area (Å²) in [6.07, 6.45) is 4.65. The first-order chi connectivity index (χ1) is 10.2. The van der Waals surface area contributed by atoms with Crippen molar-refractivity contribution in [3.8, 4) is 6.07 Å². The molecule has 0 aliphatic heterocycles. The van der Waals surface area contributed by atoms with E-state index in [9.17, 15) is 4.79 Å². The summed E-state index contributed by atoms with van der Waals surface area (Å²) in [5.74, 6) is -0.672. The Morgan fingerprint density at radius 1 is 1.29 bits per heavy atom. The minimum absolute atomic E-state index is 0.0747. The lowest BCUT2D eigenvalue weighted by Crippen LogP contribution is -2.11. The Morgan fingerprint density at radius 3 is 2.76 bits per heavy atom. The third-order valence-electron chi connectivity index (χ3n) is 2.67. The number of fused-ring (bicyclic) bond motifs is 1. The molecule has 0 atom stereocenters. The highest BCUT2D eigenvalue weighted by atomic mass is 16.6. The second kappa shape index (κ2) is 7.12. The first-order valence-electron chi connectivity index (χ1n) is 6.23. The molecule has 0 aliphatic rings. The van der Waals surface area contributed by atoms with E-state index in [1.165, 1.54) is 13.2 Å². The lowest BCUT2D eigenvalue weighted by molar-refractivity contribution is -0.139. The third kappa shape index (κ3) is 3.84. The van der Waals surface area contributed by atoms with Crippen molar-refractivity contribution in [3.63, 3.8) is 0 Å². The number of esters is 1. The second-order valence-electron chi connectivity index (χ2n) is 4.10. The number of aromatic nitrogens is 2. The number of carbonyl (C=O) groups excluding carboxylic acids is 1. The van der Waals surface area contributed by atoms with Gasteiger partial charge in [-0.1, -0.05) is 6.07 Å². The van der Waals surface area contributed by atoms with Gasteiger partial charge in [-0.2, -0.15) is 5.26 Å². The van der Waals surface area contributed by atoms with E-state index < -0.39 is 5.97 Å². The van der Waals surface area contributed by atoms with E-state index in [2.05, 4.69) is 9.97 Å². The first kappa shape index (κ1) is 14.6. The maximum Gasteiger partial charge on any atom is 0.348 e. The predicted octanol–water partition coefficient (Wildman–Crippen LogP) is 1.73. The van der Waals surface area contributed by atoms with Gasteiger partial charge < -0.3 is 9.47 Å². The molecule has 0 N–H and O–H groups in total. The van der Waals surface area contributed by atoms with Gasteiger partial charge in [0.25, 0.3) is 0 Å². The molecule has 0 spiro atoms. The smallest absolute Gasteiger partial charge is 0.348 e. The highest BCUT2D eigenvalue weighted by molar-refractivity contribution is 5.98. The highest BCUT2D eigenvalue weighted by Gasteiger charge is 2.10. The van der Waals surface area contributed by atoms with Gasteiger partial charge in [0.15, 0.2) is 0 Å². The zero-order chi connectivity index (χ0) is 15.1. The zero-order valence-corrected chi connectivity index (χ0v) is 11.4. The zero-order valence-electron chi connectivity index (χ0n) is 11.4. The second-order valence-corrected chi connectivity index (χ2v) is 4.10. The molecule has 0 aliphatic carbocycles. The number of rotatable bonds is 5. The van der Waals surface area contributed by atoms with Crippen LogP contribution in [0.5, 0.6) is 0 Å². The molecule has 2 rings (SSSR count). The predicted molar refractivity (Wildman–Crippen MR) is 76.0 cm³/mol.